The molecule has 2 aromatic rings. The maximum absolute atomic E-state index is 12.3. The first-order valence-electron chi connectivity index (χ1n) is 5.74. The Hall–Kier alpha value is -2.07. The molecular formula is C14H16N2O2. The molecule has 0 saturated carbocycles. The fraction of sp³-hybridized carbons (Fsp3) is 0.214. The summed E-state index contributed by atoms with van der Waals surface area (Å²) < 4.78 is 6.92. The van der Waals surface area contributed by atoms with Crippen LogP contribution in [0.2, 0.25) is 0 Å². The van der Waals surface area contributed by atoms with E-state index in [1.54, 1.807) is 17.7 Å². The Bertz CT molecular complexity index is 617. The van der Waals surface area contributed by atoms with E-state index in [-0.39, 0.29) is 12.1 Å². The Morgan fingerprint density at radius 3 is 2.61 bits per heavy atom. The number of aromatic nitrogens is 1. The van der Waals surface area contributed by atoms with E-state index < -0.39 is 0 Å². The second-order valence-electron chi connectivity index (χ2n) is 4.02. The van der Waals surface area contributed by atoms with Gasteiger partial charge in [-0.2, -0.15) is 0 Å². The normalized spacial score (nSPS) is 10.4. The molecule has 0 bridgehead atoms. The van der Waals surface area contributed by atoms with Crippen molar-refractivity contribution in [1.82, 2.24) is 4.57 Å². The topological polar surface area (TPSA) is 57.2 Å². The van der Waals surface area contributed by atoms with Crippen LogP contribution in [0.25, 0.3) is 5.69 Å². The molecule has 0 aliphatic heterocycles. The Labute approximate surface area is 106 Å². The monoisotopic (exact) mass is 244 g/mol. The van der Waals surface area contributed by atoms with Gasteiger partial charge in [-0.05, 0) is 25.1 Å². The second kappa shape index (κ2) is 5.06. The Kier molecular flexibility index (Phi) is 3.48. The molecular weight excluding hydrogens is 228 g/mol. The maximum Gasteiger partial charge on any atom is 0.259 e. The van der Waals surface area contributed by atoms with Crippen LogP contribution >= 0.6 is 0 Å². The summed E-state index contributed by atoms with van der Waals surface area (Å²) in [5, 5.41) is 0. The van der Waals surface area contributed by atoms with Crippen LogP contribution in [-0.4, -0.2) is 11.7 Å². The van der Waals surface area contributed by atoms with Crippen LogP contribution in [0.4, 0.5) is 0 Å². The SMILES string of the molecule is COc1ccccc1-n1c(C)ccc(CN)c1=O. The number of methoxy groups -OCH3 is 1. The molecule has 0 radical (unpaired) electrons. The van der Waals surface area contributed by atoms with E-state index in [0.717, 1.165) is 11.4 Å². The van der Waals surface area contributed by atoms with Gasteiger partial charge in [-0.1, -0.05) is 18.2 Å². The summed E-state index contributed by atoms with van der Waals surface area (Å²) in [6, 6.07) is 11.1. The van der Waals surface area contributed by atoms with Gasteiger partial charge in [0, 0.05) is 17.8 Å². The van der Waals surface area contributed by atoms with E-state index in [9.17, 15) is 4.79 Å². The number of hydrogen-bond donors (Lipinski definition) is 1. The van der Waals surface area contributed by atoms with E-state index in [1.807, 2.05) is 37.3 Å². The molecule has 94 valence electrons. The molecule has 0 fully saturated rings. The fourth-order valence-corrected chi connectivity index (χ4v) is 1.94. The zero-order valence-corrected chi connectivity index (χ0v) is 10.5. The average molecular weight is 244 g/mol. The molecule has 0 spiro atoms. The molecule has 0 saturated heterocycles. The van der Waals surface area contributed by atoms with Gasteiger partial charge in [0.2, 0.25) is 0 Å². The van der Waals surface area contributed by atoms with Gasteiger partial charge >= 0.3 is 0 Å². The van der Waals surface area contributed by atoms with Crippen molar-refractivity contribution in [3.05, 3.63) is 58.0 Å². The van der Waals surface area contributed by atoms with Crippen molar-refractivity contribution in [2.75, 3.05) is 7.11 Å². The first-order valence-corrected chi connectivity index (χ1v) is 5.74. The summed E-state index contributed by atoms with van der Waals surface area (Å²) >= 11 is 0. The minimum atomic E-state index is -0.0954. The van der Waals surface area contributed by atoms with Gasteiger partial charge in [-0.15, -0.1) is 0 Å². The first kappa shape index (κ1) is 12.4. The van der Waals surface area contributed by atoms with Crippen LogP contribution < -0.4 is 16.0 Å². The first-order chi connectivity index (χ1) is 8.69. The predicted molar refractivity (Wildman–Crippen MR) is 71.2 cm³/mol. The molecule has 0 amide bonds. The number of nitrogens with two attached hydrogens (primary N) is 1. The standard InChI is InChI=1S/C14H16N2O2/c1-10-7-8-11(9-15)14(17)16(10)12-5-3-4-6-13(12)18-2/h3-8H,9,15H2,1-2H3. The lowest BCUT2D eigenvalue weighted by molar-refractivity contribution is 0.412. The van der Waals surface area contributed by atoms with E-state index in [4.69, 9.17) is 10.5 Å². The lowest BCUT2D eigenvalue weighted by atomic mass is 10.2. The van der Waals surface area contributed by atoms with Crippen LogP contribution in [0, 0.1) is 6.92 Å². The van der Waals surface area contributed by atoms with Gasteiger partial charge < -0.3 is 10.5 Å². The van der Waals surface area contributed by atoms with Crippen molar-refractivity contribution in [3.8, 4) is 11.4 Å². The second-order valence-corrected chi connectivity index (χ2v) is 4.02. The molecule has 18 heavy (non-hydrogen) atoms. The molecule has 0 unspecified atom stereocenters. The largest absolute Gasteiger partial charge is 0.495 e. The predicted octanol–water partition coefficient (Wildman–Crippen LogP) is 1.61. The number of nitrogens with zero attached hydrogens (tertiary/aromatic N) is 1. The summed E-state index contributed by atoms with van der Waals surface area (Å²) in [7, 11) is 1.59. The van der Waals surface area contributed by atoms with Gasteiger partial charge in [-0.3, -0.25) is 9.36 Å². The molecule has 0 aliphatic rings. The number of rotatable bonds is 3. The number of benzene rings is 1. The maximum atomic E-state index is 12.3. The Balaban J connectivity index is 2.74. The summed E-state index contributed by atoms with van der Waals surface area (Å²) in [6.45, 7) is 2.11. The van der Waals surface area contributed by atoms with Crippen molar-refractivity contribution in [1.29, 1.82) is 0 Å². The van der Waals surface area contributed by atoms with Gasteiger partial charge in [0.25, 0.3) is 5.56 Å². The number of hydrogen-bond acceptors (Lipinski definition) is 3. The highest BCUT2D eigenvalue weighted by molar-refractivity contribution is 5.48. The molecule has 0 atom stereocenters. The lowest BCUT2D eigenvalue weighted by Gasteiger charge is -2.14. The summed E-state index contributed by atoms with van der Waals surface area (Å²) in [5.74, 6) is 0.664. The fourth-order valence-electron chi connectivity index (χ4n) is 1.94. The highest BCUT2D eigenvalue weighted by Gasteiger charge is 2.10. The van der Waals surface area contributed by atoms with Crippen LogP contribution in [0.1, 0.15) is 11.3 Å². The van der Waals surface area contributed by atoms with Crippen molar-refractivity contribution in [2.24, 2.45) is 5.73 Å². The third-order valence-electron chi connectivity index (χ3n) is 2.90. The van der Waals surface area contributed by atoms with E-state index in [1.165, 1.54) is 0 Å². The average Bonchev–Trinajstić information content (AvgIpc) is 2.39. The van der Waals surface area contributed by atoms with Gasteiger partial charge in [0.15, 0.2) is 0 Å². The number of pyridine rings is 1. The van der Waals surface area contributed by atoms with Gasteiger partial charge in [0.05, 0.1) is 12.8 Å². The van der Waals surface area contributed by atoms with Crippen molar-refractivity contribution < 1.29 is 4.74 Å². The molecule has 4 heteroatoms. The molecule has 2 N–H and O–H groups in total. The van der Waals surface area contributed by atoms with Crippen LogP contribution in [-0.2, 0) is 6.54 Å². The van der Waals surface area contributed by atoms with E-state index >= 15 is 0 Å². The van der Waals surface area contributed by atoms with Crippen molar-refractivity contribution in [3.63, 3.8) is 0 Å². The third kappa shape index (κ3) is 2.02. The molecule has 4 nitrogen and oxygen atoms in total. The molecule has 1 aromatic carbocycles. The van der Waals surface area contributed by atoms with E-state index in [2.05, 4.69) is 0 Å². The van der Waals surface area contributed by atoms with Crippen molar-refractivity contribution >= 4 is 0 Å². The zero-order valence-electron chi connectivity index (χ0n) is 10.5. The Morgan fingerprint density at radius 2 is 1.94 bits per heavy atom. The van der Waals surface area contributed by atoms with Crippen molar-refractivity contribution in [2.45, 2.75) is 13.5 Å². The zero-order chi connectivity index (χ0) is 13.1. The minimum Gasteiger partial charge on any atom is -0.495 e. The summed E-state index contributed by atoms with van der Waals surface area (Å²) in [6.07, 6.45) is 0. The third-order valence-corrected chi connectivity index (χ3v) is 2.90. The molecule has 1 aromatic heterocycles. The van der Waals surface area contributed by atoms with Crippen LogP contribution in [0.15, 0.2) is 41.2 Å². The number of ether oxygens (including phenoxy) is 1. The smallest absolute Gasteiger partial charge is 0.259 e. The number of aryl methyl sites for hydroxylation is 1. The van der Waals surface area contributed by atoms with Crippen LogP contribution in [0.5, 0.6) is 5.75 Å². The lowest BCUT2D eigenvalue weighted by Crippen LogP contribution is -2.25. The van der Waals surface area contributed by atoms with Gasteiger partial charge in [0.1, 0.15) is 5.75 Å². The van der Waals surface area contributed by atoms with Gasteiger partial charge in [-0.25, -0.2) is 0 Å². The van der Waals surface area contributed by atoms with Crippen LogP contribution in [0.3, 0.4) is 0 Å². The summed E-state index contributed by atoms with van der Waals surface area (Å²) in [5.41, 5.74) is 7.65. The molecule has 0 aliphatic carbocycles. The quantitative estimate of drug-likeness (QED) is 0.892. The highest BCUT2D eigenvalue weighted by Crippen LogP contribution is 2.21. The Morgan fingerprint density at radius 1 is 1.22 bits per heavy atom. The minimum absolute atomic E-state index is 0.0954. The summed E-state index contributed by atoms with van der Waals surface area (Å²) in [4.78, 5) is 12.3. The number of para-hydroxylation sites is 2. The van der Waals surface area contributed by atoms with E-state index in [0.29, 0.717) is 11.3 Å². The molecule has 1 heterocycles. The highest BCUT2D eigenvalue weighted by atomic mass is 16.5. The molecule has 2 rings (SSSR count).